The van der Waals surface area contributed by atoms with Gasteiger partial charge in [-0.15, -0.1) is 0 Å². The Balaban J connectivity index is 1.70. The largest absolute Gasteiger partial charge is 0.457 e. The van der Waals surface area contributed by atoms with E-state index in [0.29, 0.717) is 6.54 Å². The Morgan fingerprint density at radius 3 is 2.80 bits per heavy atom. The average Bonchev–Trinajstić information content (AvgIpc) is 2.72. The number of esters is 1. The van der Waals surface area contributed by atoms with Crippen LogP contribution in [0, 0.1) is 0 Å². The van der Waals surface area contributed by atoms with Gasteiger partial charge < -0.3 is 4.74 Å². The molecule has 1 aromatic rings. The predicted octanol–water partition coefficient (Wildman–Crippen LogP) is -0.697. The molecule has 2 fully saturated rings. The monoisotopic (exact) mass is 298 g/mol. The lowest BCUT2D eigenvalue weighted by atomic mass is 10.1. The first-order chi connectivity index (χ1) is 9.55. The van der Waals surface area contributed by atoms with Crippen molar-refractivity contribution in [2.75, 3.05) is 6.61 Å². The highest BCUT2D eigenvalue weighted by Gasteiger charge is 2.49. The third kappa shape index (κ3) is 2.68. The molecule has 3 atom stereocenters. The zero-order chi connectivity index (χ0) is 14.2. The summed E-state index contributed by atoms with van der Waals surface area (Å²) in [6.45, 7) is 0.307. The normalized spacial score (nSPS) is 31.6. The Kier molecular flexibility index (Phi) is 3.47. The highest BCUT2D eigenvalue weighted by atomic mass is 32.2. The summed E-state index contributed by atoms with van der Waals surface area (Å²) in [7, 11) is -3.80. The number of ether oxygens (including phenoxy) is 1. The second kappa shape index (κ2) is 5.13. The van der Waals surface area contributed by atoms with Crippen LogP contribution in [0.5, 0.6) is 0 Å². The lowest BCUT2D eigenvalue weighted by Gasteiger charge is -2.26. The van der Waals surface area contributed by atoms with Crippen molar-refractivity contribution in [1.29, 1.82) is 0 Å². The molecular weight excluding hydrogens is 284 g/mol. The molecule has 2 N–H and O–H groups in total. The standard InChI is InChI=1S/C12H14N2O5S/c15-12-11(13-6-8-4-2-1-3-5-8)10-9(19-12)7-18-20(16,17)14-10/h1-5,9-11,13-14H,6-7H2/t9-,10+,11-/m1/s1. The van der Waals surface area contributed by atoms with E-state index in [1.807, 2.05) is 30.3 Å². The van der Waals surface area contributed by atoms with Crippen LogP contribution in [-0.4, -0.2) is 39.2 Å². The minimum Gasteiger partial charge on any atom is -0.457 e. The second-order valence-corrected chi connectivity index (χ2v) is 6.08. The molecule has 0 aromatic heterocycles. The predicted molar refractivity (Wildman–Crippen MR) is 68.7 cm³/mol. The molecule has 0 aliphatic carbocycles. The third-order valence-electron chi connectivity index (χ3n) is 3.32. The number of fused-ring (bicyclic) bond motifs is 1. The van der Waals surface area contributed by atoms with E-state index >= 15 is 0 Å². The summed E-state index contributed by atoms with van der Waals surface area (Å²) in [5, 5.41) is 3.03. The van der Waals surface area contributed by atoms with Gasteiger partial charge in [-0.1, -0.05) is 30.3 Å². The zero-order valence-electron chi connectivity index (χ0n) is 10.5. The van der Waals surface area contributed by atoms with E-state index in [1.165, 1.54) is 0 Å². The molecule has 0 unspecified atom stereocenters. The Bertz CT molecular complexity index is 604. The molecule has 20 heavy (non-hydrogen) atoms. The van der Waals surface area contributed by atoms with Gasteiger partial charge in [0.1, 0.15) is 18.8 Å². The van der Waals surface area contributed by atoms with E-state index in [-0.39, 0.29) is 6.61 Å². The number of hydrogen-bond donors (Lipinski definition) is 2. The molecule has 2 heterocycles. The van der Waals surface area contributed by atoms with Crippen LogP contribution < -0.4 is 10.0 Å². The first kappa shape index (κ1) is 13.5. The Hall–Kier alpha value is -1.48. The van der Waals surface area contributed by atoms with Crippen molar-refractivity contribution in [3.63, 3.8) is 0 Å². The number of hydrogen-bond acceptors (Lipinski definition) is 6. The minimum absolute atomic E-state index is 0.144. The molecule has 0 amide bonds. The topological polar surface area (TPSA) is 93.7 Å². The van der Waals surface area contributed by atoms with E-state index in [9.17, 15) is 13.2 Å². The summed E-state index contributed by atoms with van der Waals surface area (Å²) in [6, 6.07) is 8.17. The number of benzene rings is 1. The molecule has 2 aliphatic heterocycles. The van der Waals surface area contributed by atoms with E-state index < -0.39 is 34.5 Å². The number of nitrogens with one attached hydrogen (secondary N) is 2. The van der Waals surface area contributed by atoms with Crippen molar-refractivity contribution in [1.82, 2.24) is 10.0 Å². The maximum atomic E-state index is 11.8. The van der Waals surface area contributed by atoms with Gasteiger partial charge in [0.25, 0.3) is 0 Å². The number of carbonyl (C=O) groups excluding carboxylic acids is 1. The molecule has 108 valence electrons. The highest BCUT2D eigenvalue weighted by Crippen LogP contribution is 2.22. The SMILES string of the molecule is O=C1O[C@@H]2COS(=O)(=O)N[C@@H]2[C@H]1NCc1ccccc1. The van der Waals surface area contributed by atoms with Crippen LogP contribution in [0.4, 0.5) is 0 Å². The van der Waals surface area contributed by atoms with Crippen LogP contribution >= 0.6 is 0 Å². The van der Waals surface area contributed by atoms with Crippen molar-refractivity contribution in [3.8, 4) is 0 Å². The van der Waals surface area contributed by atoms with Crippen LogP contribution in [0.3, 0.4) is 0 Å². The molecule has 7 nitrogen and oxygen atoms in total. The maximum Gasteiger partial charge on any atom is 0.336 e. The van der Waals surface area contributed by atoms with Crippen LogP contribution in [-0.2, 0) is 30.6 Å². The third-order valence-corrected chi connectivity index (χ3v) is 4.33. The van der Waals surface area contributed by atoms with Crippen LogP contribution in [0.1, 0.15) is 5.56 Å². The molecule has 8 heteroatoms. The number of carbonyl (C=O) groups is 1. The van der Waals surface area contributed by atoms with Gasteiger partial charge in [0.2, 0.25) is 0 Å². The zero-order valence-corrected chi connectivity index (χ0v) is 11.3. The molecule has 0 radical (unpaired) electrons. The van der Waals surface area contributed by atoms with Crippen LogP contribution in [0.15, 0.2) is 30.3 Å². The van der Waals surface area contributed by atoms with Crippen LogP contribution in [0.25, 0.3) is 0 Å². The van der Waals surface area contributed by atoms with Crippen molar-refractivity contribution in [2.45, 2.75) is 24.7 Å². The molecular formula is C12H14N2O5S. The lowest BCUT2D eigenvalue weighted by molar-refractivity contribution is -0.144. The van der Waals surface area contributed by atoms with Crippen LogP contribution in [0.2, 0.25) is 0 Å². The van der Waals surface area contributed by atoms with Gasteiger partial charge in [0.15, 0.2) is 0 Å². The molecule has 2 saturated heterocycles. The summed E-state index contributed by atoms with van der Waals surface area (Å²) in [5.74, 6) is -0.468. The van der Waals surface area contributed by atoms with E-state index in [2.05, 4.69) is 14.2 Å². The summed E-state index contributed by atoms with van der Waals surface area (Å²) in [5.41, 5.74) is 0.999. The molecule has 2 aliphatic rings. The van der Waals surface area contributed by atoms with E-state index in [0.717, 1.165) is 5.56 Å². The minimum atomic E-state index is -3.80. The summed E-state index contributed by atoms with van der Waals surface area (Å²) >= 11 is 0. The van der Waals surface area contributed by atoms with E-state index in [4.69, 9.17) is 4.74 Å². The van der Waals surface area contributed by atoms with Gasteiger partial charge >= 0.3 is 16.3 Å². The van der Waals surface area contributed by atoms with Gasteiger partial charge in [0, 0.05) is 6.54 Å². The van der Waals surface area contributed by atoms with Gasteiger partial charge in [-0.25, -0.2) is 0 Å². The van der Waals surface area contributed by atoms with E-state index in [1.54, 1.807) is 0 Å². The fourth-order valence-corrected chi connectivity index (χ4v) is 3.33. The lowest BCUT2D eigenvalue weighted by Crippen LogP contribution is -2.57. The molecule has 0 bridgehead atoms. The summed E-state index contributed by atoms with van der Waals surface area (Å²) in [4.78, 5) is 11.8. The Morgan fingerprint density at radius 1 is 1.30 bits per heavy atom. The van der Waals surface area contributed by atoms with Gasteiger partial charge in [-0.3, -0.25) is 14.3 Å². The fraction of sp³-hybridized carbons (Fsp3) is 0.417. The van der Waals surface area contributed by atoms with Gasteiger partial charge in [-0.05, 0) is 5.56 Å². The first-order valence-electron chi connectivity index (χ1n) is 6.20. The maximum absolute atomic E-state index is 11.8. The fourth-order valence-electron chi connectivity index (χ4n) is 2.33. The Morgan fingerprint density at radius 2 is 2.05 bits per heavy atom. The highest BCUT2D eigenvalue weighted by molar-refractivity contribution is 7.84. The van der Waals surface area contributed by atoms with Gasteiger partial charge in [-0.2, -0.15) is 13.1 Å². The smallest absolute Gasteiger partial charge is 0.336 e. The number of rotatable bonds is 3. The first-order valence-corrected chi connectivity index (χ1v) is 7.60. The molecule has 0 spiro atoms. The van der Waals surface area contributed by atoms with Crippen molar-refractivity contribution < 1.29 is 22.1 Å². The van der Waals surface area contributed by atoms with Crippen molar-refractivity contribution in [3.05, 3.63) is 35.9 Å². The molecule has 3 rings (SSSR count). The molecule has 1 aromatic carbocycles. The van der Waals surface area contributed by atoms with Gasteiger partial charge in [0.05, 0.1) is 6.04 Å². The van der Waals surface area contributed by atoms with Crippen molar-refractivity contribution >= 4 is 16.3 Å². The Labute approximate surface area is 116 Å². The molecule has 0 saturated carbocycles. The second-order valence-electron chi connectivity index (χ2n) is 4.70. The summed E-state index contributed by atoms with van der Waals surface area (Å²) < 4.78 is 34.8. The average molecular weight is 298 g/mol. The quantitative estimate of drug-likeness (QED) is 0.717. The summed E-state index contributed by atoms with van der Waals surface area (Å²) in [6.07, 6.45) is -0.584. The van der Waals surface area contributed by atoms with Crippen molar-refractivity contribution in [2.24, 2.45) is 0 Å².